The number of aromatic nitrogens is 1. The van der Waals surface area contributed by atoms with Gasteiger partial charge in [0.25, 0.3) is 0 Å². The molecular weight excluding hydrogens is 354 g/mol. The average Bonchev–Trinajstić information content (AvgIpc) is 2.73. The molecule has 6 nitrogen and oxygen atoms in total. The third kappa shape index (κ3) is 5.25. The number of nitrogens with zero attached hydrogens (tertiary/aromatic N) is 1. The normalized spacial score (nSPS) is 18.9. The lowest BCUT2D eigenvalue weighted by Crippen LogP contribution is -2.35. The van der Waals surface area contributed by atoms with Gasteiger partial charge in [-0.1, -0.05) is 18.2 Å². The molecule has 1 heterocycles. The molecule has 0 radical (unpaired) electrons. The molecule has 28 heavy (non-hydrogen) atoms. The largest absolute Gasteiger partial charge is 0.350 e. The summed E-state index contributed by atoms with van der Waals surface area (Å²) in [5.74, 6) is -0.227. The highest BCUT2D eigenvalue weighted by molar-refractivity contribution is 5.97. The van der Waals surface area contributed by atoms with Gasteiger partial charge in [-0.05, 0) is 56.9 Å². The molecule has 0 aliphatic heterocycles. The van der Waals surface area contributed by atoms with Crippen LogP contribution in [0, 0.1) is 11.8 Å². The first-order valence-corrected chi connectivity index (χ1v) is 9.62. The summed E-state index contributed by atoms with van der Waals surface area (Å²) in [5, 5.41) is 5.83. The lowest BCUT2D eigenvalue weighted by Gasteiger charge is -2.27. The molecule has 3 rings (SSSR count). The first-order valence-electron chi connectivity index (χ1n) is 9.62. The minimum absolute atomic E-state index is 0.0265. The molecule has 2 amide bonds. The van der Waals surface area contributed by atoms with E-state index in [2.05, 4.69) is 15.6 Å². The number of benzene rings is 1. The lowest BCUT2D eigenvalue weighted by molar-refractivity contribution is -0.128. The summed E-state index contributed by atoms with van der Waals surface area (Å²) in [6.07, 6.45) is 4.45. The van der Waals surface area contributed by atoms with Crippen LogP contribution in [-0.2, 0) is 16.1 Å². The van der Waals surface area contributed by atoms with Gasteiger partial charge in [0, 0.05) is 29.3 Å². The number of ketones is 1. The maximum atomic E-state index is 12.5. The zero-order chi connectivity index (χ0) is 19.9. The molecule has 1 aliphatic carbocycles. The van der Waals surface area contributed by atoms with E-state index in [1.807, 2.05) is 18.2 Å². The molecule has 146 valence electrons. The van der Waals surface area contributed by atoms with Gasteiger partial charge >= 0.3 is 0 Å². The molecule has 1 aromatic carbocycles. The SMILES string of the molecule is CC(=O)c1cccc(NC(=O)C2CCC(C(=O)NCc3ccccn3)CC2)c1. The number of carbonyl (C=O) groups excluding carboxylic acids is 3. The maximum absolute atomic E-state index is 12.5. The van der Waals surface area contributed by atoms with Gasteiger partial charge in [-0.2, -0.15) is 0 Å². The number of hydrogen-bond donors (Lipinski definition) is 2. The van der Waals surface area contributed by atoms with Crippen molar-refractivity contribution in [1.82, 2.24) is 10.3 Å². The Hall–Kier alpha value is -3.02. The van der Waals surface area contributed by atoms with E-state index in [1.165, 1.54) is 6.92 Å². The minimum Gasteiger partial charge on any atom is -0.350 e. The van der Waals surface area contributed by atoms with Crippen molar-refractivity contribution >= 4 is 23.3 Å². The molecule has 1 aromatic heterocycles. The Bertz CT molecular complexity index is 843. The molecule has 6 heteroatoms. The van der Waals surface area contributed by atoms with Crippen molar-refractivity contribution in [2.75, 3.05) is 5.32 Å². The van der Waals surface area contributed by atoms with Gasteiger partial charge in [0.15, 0.2) is 5.78 Å². The molecule has 0 atom stereocenters. The Balaban J connectivity index is 1.46. The van der Waals surface area contributed by atoms with Gasteiger partial charge in [-0.15, -0.1) is 0 Å². The molecule has 0 spiro atoms. The number of anilines is 1. The van der Waals surface area contributed by atoms with E-state index in [0.29, 0.717) is 43.5 Å². The molecule has 1 fully saturated rings. The van der Waals surface area contributed by atoms with E-state index in [0.717, 1.165) is 5.69 Å². The minimum atomic E-state index is -0.110. The second-order valence-corrected chi connectivity index (χ2v) is 7.21. The molecule has 0 unspecified atom stereocenters. The number of nitrogens with one attached hydrogen (secondary N) is 2. The van der Waals surface area contributed by atoms with Crippen LogP contribution in [0.25, 0.3) is 0 Å². The lowest BCUT2D eigenvalue weighted by atomic mass is 9.81. The highest BCUT2D eigenvalue weighted by Gasteiger charge is 2.29. The van der Waals surface area contributed by atoms with Crippen LogP contribution in [0.15, 0.2) is 48.7 Å². The van der Waals surface area contributed by atoms with Crippen molar-refractivity contribution in [2.24, 2.45) is 11.8 Å². The van der Waals surface area contributed by atoms with Crippen molar-refractivity contribution in [3.05, 3.63) is 59.9 Å². The van der Waals surface area contributed by atoms with Crippen LogP contribution in [0.3, 0.4) is 0 Å². The highest BCUT2D eigenvalue weighted by atomic mass is 16.2. The molecule has 1 aliphatic rings. The molecular formula is C22H25N3O3. The Morgan fingerprint density at radius 1 is 0.964 bits per heavy atom. The smallest absolute Gasteiger partial charge is 0.227 e. The predicted molar refractivity (Wildman–Crippen MR) is 107 cm³/mol. The first kappa shape index (κ1) is 19.7. The van der Waals surface area contributed by atoms with Gasteiger partial charge in [0.1, 0.15) is 0 Å². The van der Waals surface area contributed by atoms with Crippen LogP contribution < -0.4 is 10.6 Å². The van der Waals surface area contributed by atoms with Crippen LogP contribution in [0.5, 0.6) is 0 Å². The van der Waals surface area contributed by atoms with Crippen LogP contribution in [0.1, 0.15) is 48.7 Å². The second kappa shape index (κ2) is 9.26. The van der Waals surface area contributed by atoms with E-state index >= 15 is 0 Å². The summed E-state index contributed by atoms with van der Waals surface area (Å²) in [7, 11) is 0. The van der Waals surface area contributed by atoms with Crippen molar-refractivity contribution in [3.63, 3.8) is 0 Å². The topological polar surface area (TPSA) is 88.2 Å². The summed E-state index contributed by atoms with van der Waals surface area (Å²) in [5.41, 5.74) is 2.04. The van der Waals surface area contributed by atoms with E-state index in [4.69, 9.17) is 0 Å². The molecule has 0 saturated heterocycles. The van der Waals surface area contributed by atoms with E-state index in [9.17, 15) is 14.4 Å². The first-order chi connectivity index (χ1) is 13.5. The van der Waals surface area contributed by atoms with E-state index < -0.39 is 0 Å². The monoisotopic (exact) mass is 379 g/mol. The van der Waals surface area contributed by atoms with Crippen LogP contribution >= 0.6 is 0 Å². The number of hydrogen-bond acceptors (Lipinski definition) is 4. The Morgan fingerprint density at radius 3 is 2.32 bits per heavy atom. The Kier molecular flexibility index (Phi) is 6.53. The summed E-state index contributed by atoms with van der Waals surface area (Å²) in [6, 6.07) is 12.6. The van der Waals surface area contributed by atoms with E-state index in [-0.39, 0.29) is 29.4 Å². The number of pyridine rings is 1. The van der Waals surface area contributed by atoms with Gasteiger partial charge in [-0.25, -0.2) is 0 Å². The van der Waals surface area contributed by atoms with Crippen LogP contribution in [0.4, 0.5) is 5.69 Å². The van der Waals surface area contributed by atoms with Gasteiger partial charge < -0.3 is 10.6 Å². The zero-order valence-corrected chi connectivity index (χ0v) is 16.0. The number of amides is 2. The molecule has 1 saturated carbocycles. The standard InChI is InChI=1S/C22H25N3O3/c1-15(26)18-5-4-7-19(13-18)25-22(28)17-10-8-16(9-11-17)21(27)24-14-20-6-2-3-12-23-20/h2-7,12-13,16-17H,8-11,14H2,1H3,(H,24,27)(H,25,28). The fourth-order valence-corrected chi connectivity index (χ4v) is 3.50. The molecule has 2 N–H and O–H groups in total. The van der Waals surface area contributed by atoms with Crippen molar-refractivity contribution in [1.29, 1.82) is 0 Å². The maximum Gasteiger partial charge on any atom is 0.227 e. The summed E-state index contributed by atoms with van der Waals surface area (Å²) >= 11 is 0. The fourth-order valence-electron chi connectivity index (χ4n) is 3.50. The van der Waals surface area contributed by atoms with Crippen LogP contribution in [0.2, 0.25) is 0 Å². The summed E-state index contributed by atoms with van der Waals surface area (Å²) in [4.78, 5) is 40.6. The summed E-state index contributed by atoms with van der Waals surface area (Å²) < 4.78 is 0. The van der Waals surface area contributed by atoms with Crippen molar-refractivity contribution in [3.8, 4) is 0 Å². The van der Waals surface area contributed by atoms with E-state index in [1.54, 1.807) is 30.5 Å². The third-order valence-corrected chi connectivity index (χ3v) is 5.18. The highest BCUT2D eigenvalue weighted by Crippen LogP contribution is 2.30. The van der Waals surface area contributed by atoms with Gasteiger partial charge in [0.2, 0.25) is 11.8 Å². The van der Waals surface area contributed by atoms with Crippen molar-refractivity contribution in [2.45, 2.75) is 39.2 Å². The zero-order valence-electron chi connectivity index (χ0n) is 16.0. The third-order valence-electron chi connectivity index (χ3n) is 5.18. The molecule has 0 bridgehead atoms. The Labute approximate surface area is 164 Å². The number of Topliss-reactive ketones (excluding diaryl/α,β-unsaturated/α-hetero) is 1. The summed E-state index contributed by atoms with van der Waals surface area (Å²) in [6.45, 7) is 1.92. The quantitative estimate of drug-likeness (QED) is 0.754. The number of carbonyl (C=O) groups is 3. The predicted octanol–water partition coefficient (Wildman–Crippen LogP) is 3.35. The molecule has 2 aromatic rings. The van der Waals surface area contributed by atoms with Gasteiger partial charge in [0.05, 0.1) is 12.2 Å². The fraction of sp³-hybridized carbons (Fsp3) is 0.364. The number of rotatable bonds is 6. The van der Waals surface area contributed by atoms with Crippen LogP contribution in [-0.4, -0.2) is 22.6 Å². The second-order valence-electron chi connectivity index (χ2n) is 7.21. The Morgan fingerprint density at radius 2 is 1.68 bits per heavy atom. The van der Waals surface area contributed by atoms with Crippen molar-refractivity contribution < 1.29 is 14.4 Å². The average molecular weight is 379 g/mol. The van der Waals surface area contributed by atoms with Gasteiger partial charge in [-0.3, -0.25) is 19.4 Å².